The molecule has 1 N–H and O–H groups in total. The van der Waals surface area contributed by atoms with Crippen molar-refractivity contribution in [2.75, 3.05) is 20.3 Å². The molecule has 0 radical (unpaired) electrons. The van der Waals surface area contributed by atoms with Crippen LogP contribution in [-0.4, -0.2) is 26.4 Å². The molecule has 1 aromatic carbocycles. The molecule has 1 rings (SSSR count). The summed E-state index contributed by atoms with van der Waals surface area (Å²) in [4.78, 5) is 0. The van der Waals surface area contributed by atoms with E-state index < -0.39 is 12.6 Å². The van der Waals surface area contributed by atoms with Crippen LogP contribution < -0.4 is 5.32 Å². The average molecular weight is 247 g/mol. The van der Waals surface area contributed by atoms with E-state index in [0.29, 0.717) is 0 Å². The summed E-state index contributed by atoms with van der Waals surface area (Å²) >= 11 is 0. The molecular weight excluding hydrogens is 231 g/mol. The van der Waals surface area contributed by atoms with Gasteiger partial charge in [-0.2, -0.15) is 13.2 Å². The Bertz CT molecular complexity index is 313. The minimum atomic E-state index is -4.15. The summed E-state index contributed by atoms with van der Waals surface area (Å²) in [6, 6.07) is 9.40. The average Bonchev–Trinajstić information content (AvgIpc) is 2.29. The fourth-order valence-electron chi connectivity index (χ4n) is 1.42. The SMILES string of the molecule is CNC(COCCC(F)(F)F)c1ccccc1. The lowest BCUT2D eigenvalue weighted by molar-refractivity contribution is -0.145. The van der Waals surface area contributed by atoms with Crippen LogP contribution in [-0.2, 0) is 4.74 Å². The van der Waals surface area contributed by atoms with E-state index in [0.717, 1.165) is 5.56 Å². The molecule has 0 aromatic heterocycles. The third-order valence-corrected chi connectivity index (χ3v) is 2.36. The number of benzene rings is 1. The monoisotopic (exact) mass is 247 g/mol. The zero-order valence-electron chi connectivity index (χ0n) is 9.63. The molecule has 1 aromatic rings. The minimum Gasteiger partial charge on any atom is -0.379 e. The summed E-state index contributed by atoms with van der Waals surface area (Å²) in [5.41, 5.74) is 1.00. The summed E-state index contributed by atoms with van der Waals surface area (Å²) in [6.45, 7) is -0.0644. The van der Waals surface area contributed by atoms with Crippen LogP contribution in [0.3, 0.4) is 0 Å². The van der Waals surface area contributed by atoms with Gasteiger partial charge in [0.15, 0.2) is 0 Å². The number of rotatable bonds is 6. The molecule has 1 unspecified atom stereocenters. The van der Waals surface area contributed by atoms with E-state index in [4.69, 9.17) is 4.74 Å². The fourth-order valence-corrected chi connectivity index (χ4v) is 1.42. The molecule has 0 aliphatic heterocycles. The van der Waals surface area contributed by atoms with Gasteiger partial charge in [-0.3, -0.25) is 0 Å². The van der Waals surface area contributed by atoms with Crippen molar-refractivity contribution < 1.29 is 17.9 Å². The number of halogens is 3. The van der Waals surface area contributed by atoms with Crippen LogP contribution in [0.1, 0.15) is 18.0 Å². The molecule has 1 atom stereocenters. The third kappa shape index (κ3) is 5.70. The van der Waals surface area contributed by atoms with Crippen molar-refractivity contribution in [2.24, 2.45) is 0 Å². The zero-order chi connectivity index (χ0) is 12.7. The highest BCUT2D eigenvalue weighted by Gasteiger charge is 2.26. The van der Waals surface area contributed by atoms with Crippen molar-refractivity contribution in [1.82, 2.24) is 5.32 Å². The van der Waals surface area contributed by atoms with Gasteiger partial charge in [-0.1, -0.05) is 30.3 Å². The van der Waals surface area contributed by atoms with Crippen molar-refractivity contribution in [3.05, 3.63) is 35.9 Å². The van der Waals surface area contributed by atoms with Crippen LogP contribution in [0, 0.1) is 0 Å². The van der Waals surface area contributed by atoms with E-state index in [1.807, 2.05) is 30.3 Å². The molecule has 5 heteroatoms. The highest BCUT2D eigenvalue weighted by molar-refractivity contribution is 5.18. The molecule has 17 heavy (non-hydrogen) atoms. The van der Waals surface area contributed by atoms with E-state index in [-0.39, 0.29) is 19.3 Å². The largest absolute Gasteiger partial charge is 0.391 e. The Labute approximate surface area is 98.8 Å². The fraction of sp³-hybridized carbons (Fsp3) is 0.500. The number of nitrogens with one attached hydrogen (secondary N) is 1. The van der Waals surface area contributed by atoms with Gasteiger partial charge in [-0.15, -0.1) is 0 Å². The van der Waals surface area contributed by atoms with Crippen molar-refractivity contribution >= 4 is 0 Å². The standard InChI is InChI=1S/C12H16F3NO/c1-16-11(10-5-3-2-4-6-10)9-17-8-7-12(13,14)15/h2-6,11,16H,7-9H2,1H3. The summed E-state index contributed by atoms with van der Waals surface area (Å²) < 4.78 is 40.7. The maximum Gasteiger partial charge on any atom is 0.391 e. The van der Waals surface area contributed by atoms with Gasteiger partial charge in [-0.25, -0.2) is 0 Å². The molecule has 2 nitrogen and oxygen atoms in total. The van der Waals surface area contributed by atoms with E-state index >= 15 is 0 Å². The smallest absolute Gasteiger partial charge is 0.379 e. The van der Waals surface area contributed by atoms with Crippen LogP contribution in [0.25, 0.3) is 0 Å². The zero-order valence-corrected chi connectivity index (χ0v) is 9.63. The van der Waals surface area contributed by atoms with Gasteiger partial charge in [0.05, 0.1) is 25.7 Å². The van der Waals surface area contributed by atoms with Crippen molar-refractivity contribution in [2.45, 2.75) is 18.6 Å². The topological polar surface area (TPSA) is 21.3 Å². The van der Waals surface area contributed by atoms with Gasteiger partial charge in [0.2, 0.25) is 0 Å². The number of likely N-dealkylation sites (N-methyl/N-ethyl adjacent to an activating group) is 1. The van der Waals surface area contributed by atoms with Gasteiger partial charge in [0, 0.05) is 0 Å². The third-order valence-electron chi connectivity index (χ3n) is 2.36. The summed E-state index contributed by atoms with van der Waals surface area (Å²) in [5, 5.41) is 3.01. The molecule has 0 saturated heterocycles. The van der Waals surface area contributed by atoms with Crippen molar-refractivity contribution in [3.63, 3.8) is 0 Å². The first-order valence-electron chi connectivity index (χ1n) is 5.39. The molecule has 0 bridgehead atoms. The van der Waals surface area contributed by atoms with Crippen LogP contribution in [0.15, 0.2) is 30.3 Å². The summed E-state index contributed by atoms with van der Waals surface area (Å²) in [6.07, 6.45) is -5.06. The lowest BCUT2D eigenvalue weighted by Gasteiger charge is -2.17. The predicted octanol–water partition coefficient (Wildman–Crippen LogP) is 2.92. The van der Waals surface area contributed by atoms with Gasteiger partial charge < -0.3 is 10.1 Å². The number of alkyl halides is 3. The lowest BCUT2D eigenvalue weighted by atomic mass is 10.1. The molecule has 0 amide bonds. The first-order valence-corrected chi connectivity index (χ1v) is 5.39. The first-order chi connectivity index (χ1) is 8.03. The number of hydrogen-bond acceptors (Lipinski definition) is 2. The van der Waals surface area contributed by atoms with Gasteiger partial charge >= 0.3 is 6.18 Å². The molecule has 0 saturated carbocycles. The van der Waals surface area contributed by atoms with E-state index in [1.54, 1.807) is 7.05 Å². The summed E-state index contributed by atoms with van der Waals surface area (Å²) in [5.74, 6) is 0. The van der Waals surface area contributed by atoms with Gasteiger partial charge in [0.1, 0.15) is 0 Å². The second-order valence-corrected chi connectivity index (χ2v) is 3.69. The Kier molecular flexibility index (Phi) is 5.44. The van der Waals surface area contributed by atoms with E-state index in [9.17, 15) is 13.2 Å². The Morgan fingerprint density at radius 2 is 1.88 bits per heavy atom. The Morgan fingerprint density at radius 1 is 1.24 bits per heavy atom. The molecule has 0 aliphatic rings. The maximum absolute atomic E-state index is 11.9. The van der Waals surface area contributed by atoms with E-state index in [2.05, 4.69) is 5.32 Å². The molecule has 0 fully saturated rings. The van der Waals surface area contributed by atoms with Crippen molar-refractivity contribution in [3.8, 4) is 0 Å². The highest BCUT2D eigenvalue weighted by Crippen LogP contribution is 2.19. The maximum atomic E-state index is 11.9. The minimum absolute atomic E-state index is 0.0792. The quantitative estimate of drug-likeness (QED) is 0.780. The van der Waals surface area contributed by atoms with Crippen LogP contribution in [0.5, 0.6) is 0 Å². The molecular formula is C12H16F3NO. The Balaban J connectivity index is 2.34. The van der Waals surface area contributed by atoms with Crippen LogP contribution in [0.2, 0.25) is 0 Å². The van der Waals surface area contributed by atoms with Crippen LogP contribution in [0.4, 0.5) is 13.2 Å². The Morgan fingerprint density at radius 3 is 2.41 bits per heavy atom. The number of hydrogen-bond donors (Lipinski definition) is 1. The first kappa shape index (κ1) is 14.0. The summed E-state index contributed by atoms with van der Waals surface area (Å²) in [7, 11) is 1.75. The lowest BCUT2D eigenvalue weighted by Crippen LogP contribution is -2.23. The molecule has 96 valence electrons. The second-order valence-electron chi connectivity index (χ2n) is 3.69. The Hall–Kier alpha value is -1.07. The second kappa shape index (κ2) is 6.61. The number of ether oxygens (including phenoxy) is 1. The molecule has 0 aliphatic carbocycles. The highest BCUT2D eigenvalue weighted by atomic mass is 19.4. The van der Waals surface area contributed by atoms with Gasteiger partial charge in [0.25, 0.3) is 0 Å². The normalized spacial score (nSPS) is 13.6. The van der Waals surface area contributed by atoms with Crippen LogP contribution >= 0.6 is 0 Å². The molecule has 0 spiro atoms. The van der Waals surface area contributed by atoms with Gasteiger partial charge in [-0.05, 0) is 12.6 Å². The van der Waals surface area contributed by atoms with E-state index in [1.165, 1.54) is 0 Å². The van der Waals surface area contributed by atoms with Crippen molar-refractivity contribution in [1.29, 1.82) is 0 Å². The predicted molar refractivity (Wildman–Crippen MR) is 59.7 cm³/mol. The molecule has 0 heterocycles.